The Kier molecular flexibility index (Phi) is 7.33. The first-order valence-corrected chi connectivity index (χ1v) is 11.4. The van der Waals surface area contributed by atoms with Crippen molar-refractivity contribution in [2.75, 3.05) is 24.0 Å². The molecule has 186 valence electrons. The van der Waals surface area contributed by atoms with E-state index in [1.807, 2.05) is 50.2 Å². The Balaban J connectivity index is 1.59. The number of aromatic nitrogens is 2. The van der Waals surface area contributed by atoms with E-state index in [-0.39, 0.29) is 36.3 Å². The third-order valence-electron chi connectivity index (χ3n) is 5.23. The van der Waals surface area contributed by atoms with Crippen molar-refractivity contribution in [3.8, 4) is 5.75 Å². The standard InChI is InChI=1S/C26H27N5O5/c1-5-34-25(33)21-17(4)36-24-22(21)23(28-26(29-24)27-18-10-6-15(2)7-11-18)31-30-20(32)14-35-19-12-8-16(3)9-13-19/h6-13H,5,14H2,1-4H3,(H,30,32)(H2,27,28,29,31). The molecule has 0 aliphatic carbocycles. The molecule has 0 fully saturated rings. The second kappa shape index (κ2) is 10.8. The molecule has 0 saturated carbocycles. The van der Waals surface area contributed by atoms with E-state index in [9.17, 15) is 9.59 Å². The highest BCUT2D eigenvalue weighted by atomic mass is 16.5. The lowest BCUT2D eigenvalue weighted by atomic mass is 10.2. The molecule has 10 heteroatoms. The maximum absolute atomic E-state index is 12.6. The number of rotatable bonds is 9. The molecule has 1 amide bonds. The van der Waals surface area contributed by atoms with E-state index < -0.39 is 11.9 Å². The number of hydrogen-bond donors (Lipinski definition) is 3. The second-order valence-corrected chi connectivity index (χ2v) is 8.10. The first-order chi connectivity index (χ1) is 17.3. The Hall–Kier alpha value is -4.60. The van der Waals surface area contributed by atoms with Gasteiger partial charge in [0.15, 0.2) is 12.4 Å². The summed E-state index contributed by atoms with van der Waals surface area (Å²) in [6.07, 6.45) is 0. The molecule has 0 aliphatic rings. The molecule has 4 rings (SSSR count). The predicted octanol–water partition coefficient (Wildman–Crippen LogP) is 4.59. The van der Waals surface area contributed by atoms with Gasteiger partial charge in [-0.2, -0.15) is 9.97 Å². The fourth-order valence-corrected chi connectivity index (χ4v) is 3.42. The van der Waals surface area contributed by atoms with Gasteiger partial charge in [-0.3, -0.25) is 15.6 Å². The van der Waals surface area contributed by atoms with E-state index >= 15 is 0 Å². The number of hydrogen-bond acceptors (Lipinski definition) is 9. The Morgan fingerprint density at radius 3 is 2.28 bits per heavy atom. The molecule has 3 N–H and O–H groups in total. The Bertz CT molecular complexity index is 1380. The predicted molar refractivity (Wildman–Crippen MR) is 135 cm³/mol. The third kappa shape index (κ3) is 5.72. The largest absolute Gasteiger partial charge is 0.484 e. The SMILES string of the molecule is CCOC(=O)c1c(C)oc2nc(Nc3ccc(C)cc3)nc(NNC(=O)COc3ccc(C)cc3)c12. The maximum Gasteiger partial charge on any atom is 0.342 e. The number of hydrazine groups is 1. The van der Waals surface area contributed by atoms with Crippen molar-refractivity contribution in [1.29, 1.82) is 0 Å². The first kappa shape index (κ1) is 24.5. The van der Waals surface area contributed by atoms with Gasteiger partial charge >= 0.3 is 5.97 Å². The molecule has 0 aliphatic heterocycles. The summed E-state index contributed by atoms with van der Waals surface area (Å²) in [6.45, 7) is 7.26. The van der Waals surface area contributed by atoms with Gasteiger partial charge in [0.2, 0.25) is 11.7 Å². The zero-order valence-electron chi connectivity index (χ0n) is 20.5. The fourth-order valence-electron chi connectivity index (χ4n) is 3.42. The van der Waals surface area contributed by atoms with E-state index in [1.54, 1.807) is 26.0 Å². The number of esters is 1. The van der Waals surface area contributed by atoms with Crippen LogP contribution in [0.15, 0.2) is 52.9 Å². The van der Waals surface area contributed by atoms with Crippen LogP contribution in [0.25, 0.3) is 11.1 Å². The van der Waals surface area contributed by atoms with Gasteiger partial charge in [0.1, 0.15) is 17.1 Å². The normalized spacial score (nSPS) is 10.7. The fraction of sp³-hybridized carbons (Fsp3) is 0.231. The lowest BCUT2D eigenvalue weighted by Gasteiger charge is -2.12. The van der Waals surface area contributed by atoms with Gasteiger partial charge in [0.05, 0.1) is 12.0 Å². The van der Waals surface area contributed by atoms with E-state index in [2.05, 4.69) is 26.1 Å². The summed E-state index contributed by atoms with van der Waals surface area (Å²) in [5.41, 5.74) is 8.63. The minimum Gasteiger partial charge on any atom is -0.484 e. The number of benzene rings is 2. The first-order valence-electron chi connectivity index (χ1n) is 11.4. The number of anilines is 3. The summed E-state index contributed by atoms with van der Waals surface area (Å²) >= 11 is 0. The van der Waals surface area contributed by atoms with E-state index in [1.165, 1.54) is 0 Å². The molecule has 0 atom stereocenters. The van der Waals surface area contributed by atoms with E-state index in [4.69, 9.17) is 13.9 Å². The maximum atomic E-state index is 12.6. The third-order valence-corrected chi connectivity index (χ3v) is 5.23. The van der Waals surface area contributed by atoms with Gasteiger partial charge in [-0.25, -0.2) is 4.79 Å². The average Bonchev–Trinajstić information content (AvgIpc) is 3.19. The molecule has 2 heterocycles. The number of aryl methyl sites for hydroxylation is 3. The summed E-state index contributed by atoms with van der Waals surface area (Å²) in [6, 6.07) is 15.0. The molecular weight excluding hydrogens is 462 g/mol. The minimum atomic E-state index is -0.575. The number of ether oxygens (including phenoxy) is 2. The monoisotopic (exact) mass is 489 g/mol. The Morgan fingerprint density at radius 2 is 1.61 bits per heavy atom. The van der Waals surface area contributed by atoms with Crippen LogP contribution in [-0.2, 0) is 9.53 Å². The van der Waals surface area contributed by atoms with Gasteiger partial charge in [0, 0.05) is 5.69 Å². The molecular formula is C26H27N5O5. The topological polar surface area (TPSA) is 128 Å². The van der Waals surface area contributed by atoms with Crippen LogP contribution in [0.4, 0.5) is 17.5 Å². The lowest BCUT2D eigenvalue weighted by molar-refractivity contribution is -0.122. The summed E-state index contributed by atoms with van der Waals surface area (Å²) in [5, 5.41) is 3.40. The molecule has 2 aromatic carbocycles. The second-order valence-electron chi connectivity index (χ2n) is 8.10. The number of fused-ring (bicyclic) bond motifs is 1. The molecule has 0 saturated heterocycles. The van der Waals surface area contributed by atoms with Crippen LogP contribution >= 0.6 is 0 Å². The van der Waals surface area contributed by atoms with Crippen LogP contribution in [0.1, 0.15) is 34.2 Å². The van der Waals surface area contributed by atoms with Crippen LogP contribution in [-0.4, -0.2) is 35.1 Å². The van der Waals surface area contributed by atoms with Crippen molar-refractivity contribution in [3.63, 3.8) is 0 Å². The van der Waals surface area contributed by atoms with Crippen LogP contribution in [0.3, 0.4) is 0 Å². The molecule has 0 bridgehead atoms. The van der Waals surface area contributed by atoms with Gasteiger partial charge in [0.25, 0.3) is 5.91 Å². The molecule has 0 spiro atoms. The summed E-state index contributed by atoms with van der Waals surface area (Å²) < 4.78 is 16.5. The summed E-state index contributed by atoms with van der Waals surface area (Å²) in [7, 11) is 0. The van der Waals surface area contributed by atoms with Crippen molar-refractivity contribution >= 4 is 40.4 Å². The number of amides is 1. The minimum absolute atomic E-state index is 0.160. The number of nitrogens with one attached hydrogen (secondary N) is 3. The van der Waals surface area contributed by atoms with Crippen LogP contribution in [0, 0.1) is 20.8 Å². The van der Waals surface area contributed by atoms with Crippen LogP contribution in [0.5, 0.6) is 5.75 Å². The van der Waals surface area contributed by atoms with E-state index in [0.717, 1.165) is 16.8 Å². The van der Waals surface area contributed by atoms with E-state index in [0.29, 0.717) is 16.9 Å². The van der Waals surface area contributed by atoms with Crippen molar-refractivity contribution in [2.45, 2.75) is 27.7 Å². The smallest absolute Gasteiger partial charge is 0.342 e. The number of carbonyl (C=O) groups is 2. The molecule has 0 radical (unpaired) electrons. The Morgan fingerprint density at radius 1 is 0.944 bits per heavy atom. The van der Waals surface area contributed by atoms with Crippen molar-refractivity contribution in [2.24, 2.45) is 0 Å². The van der Waals surface area contributed by atoms with Crippen LogP contribution < -0.4 is 20.9 Å². The quantitative estimate of drug-likeness (QED) is 0.228. The zero-order valence-corrected chi connectivity index (χ0v) is 20.5. The van der Waals surface area contributed by atoms with Gasteiger partial charge < -0.3 is 19.2 Å². The number of furan rings is 1. The molecule has 2 aromatic heterocycles. The Labute approximate surface area is 208 Å². The van der Waals surface area contributed by atoms with Gasteiger partial charge in [-0.1, -0.05) is 35.4 Å². The average molecular weight is 490 g/mol. The summed E-state index contributed by atoms with van der Waals surface area (Å²) in [5.74, 6) is 0.241. The van der Waals surface area contributed by atoms with Gasteiger partial charge in [-0.15, -0.1) is 0 Å². The number of nitrogens with zero attached hydrogens (tertiary/aromatic N) is 2. The number of carbonyl (C=O) groups excluding carboxylic acids is 2. The highest BCUT2D eigenvalue weighted by Gasteiger charge is 2.25. The highest BCUT2D eigenvalue weighted by Crippen LogP contribution is 2.31. The molecule has 10 nitrogen and oxygen atoms in total. The highest BCUT2D eigenvalue weighted by molar-refractivity contribution is 6.08. The summed E-state index contributed by atoms with van der Waals surface area (Å²) in [4.78, 5) is 34.0. The van der Waals surface area contributed by atoms with Crippen molar-refractivity contribution < 1.29 is 23.5 Å². The molecule has 36 heavy (non-hydrogen) atoms. The van der Waals surface area contributed by atoms with Gasteiger partial charge in [-0.05, 0) is 52.0 Å². The van der Waals surface area contributed by atoms with Crippen molar-refractivity contribution in [1.82, 2.24) is 15.4 Å². The zero-order chi connectivity index (χ0) is 25.7. The molecule has 0 unspecified atom stereocenters. The molecule has 4 aromatic rings. The van der Waals surface area contributed by atoms with Crippen LogP contribution in [0.2, 0.25) is 0 Å². The van der Waals surface area contributed by atoms with Crippen molar-refractivity contribution in [3.05, 3.63) is 71.0 Å². The lowest BCUT2D eigenvalue weighted by Crippen LogP contribution is -2.34.